The van der Waals surface area contributed by atoms with Gasteiger partial charge in [0.05, 0.1) is 17.6 Å². The van der Waals surface area contributed by atoms with E-state index in [1.807, 2.05) is 4.90 Å². The lowest BCUT2D eigenvalue weighted by atomic mass is 9.92. The Hall–Kier alpha value is -2.41. The minimum absolute atomic E-state index is 0.0708. The first-order chi connectivity index (χ1) is 13.5. The van der Waals surface area contributed by atoms with Gasteiger partial charge in [-0.1, -0.05) is 6.07 Å². The van der Waals surface area contributed by atoms with Crippen molar-refractivity contribution in [1.29, 1.82) is 0 Å². The molecule has 2 aliphatic heterocycles. The number of aromatic amines is 1. The molecule has 0 spiro atoms. The molecule has 3 heterocycles. The number of hydrogen-bond acceptors (Lipinski definition) is 4. The van der Waals surface area contributed by atoms with Crippen LogP contribution >= 0.6 is 0 Å². The number of carbonyl (C=O) groups is 2. The average Bonchev–Trinajstić information content (AvgIpc) is 3.09. The summed E-state index contributed by atoms with van der Waals surface area (Å²) in [6.45, 7) is 6.00. The molecule has 1 aromatic heterocycles. The van der Waals surface area contributed by atoms with Crippen LogP contribution in [0, 0.1) is 18.8 Å². The van der Waals surface area contributed by atoms with E-state index < -0.39 is 0 Å². The third-order valence-electron chi connectivity index (χ3n) is 6.21. The lowest BCUT2D eigenvalue weighted by Crippen LogP contribution is -2.46. The number of imidazole rings is 1. The van der Waals surface area contributed by atoms with Crippen LogP contribution in [-0.2, 0) is 16.1 Å². The van der Waals surface area contributed by atoms with E-state index in [0.29, 0.717) is 25.9 Å². The number of hydrogen-bond donors (Lipinski definition) is 2. The van der Waals surface area contributed by atoms with Gasteiger partial charge in [-0.2, -0.15) is 0 Å². The molecule has 4 rings (SSSR count). The molecule has 0 unspecified atom stereocenters. The van der Waals surface area contributed by atoms with E-state index >= 15 is 0 Å². The van der Waals surface area contributed by atoms with Gasteiger partial charge in [0.1, 0.15) is 5.82 Å². The number of primary amides is 1. The SMILES string of the molecule is Cc1ccc2nc(CN3CCC(C(=O)N4CCC(C(N)=O)CC4)CC3)[nH]c2c1. The fourth-order valence-corrected chi connectivity index (χ4v) is 4.44. The lowest BCUT2D eigenvalue weighted by molar-refractivity contribution is -0.140. The number of fused-ring (bicyclic) bond motifs is 1. The Balaban J connectivity index is 1.28. The van der Waals surface area contributed by atoms with Crippen molar-refractivity contribution in [1.82, 2.24) is 19.8 Å². The zero-order chi connectivity index (χ0) is 19.7. The number of H-pyrrole nitrogens is 1. The molecule has 150 valence electrons. The van der Waals surface area contributed by atoms with Crippen molar-refractivity contribution in [2.75, 3.05) is 26.2 Å². The normalized spacial score (nSPS) is 20.0. The van der Waals surface area contributed by atoms with Crippen LogP contribution in [0.25, 0.3) is 11.0 Å². The zero-order valence-electron chi connectivity index (χ0n) is 16.5. The Morgan fingerprint density at radius 2 is 1.79 bits per heavy atom. The highest BCUT2D eigenvalue weighted by molar-refractivity contribution is 5.80. The number of amides is 2. The maximum atomic E-state index is 12.8. The van der Waals surface area contributed by atoms with Gasteiger partial charge in [-0.05, 0) is 63.4 Å². The van der Waals surface area contributed by atoms with Crippen molar-refractivity contribution in [3.63, 3.8) is 0 Å². The number of likely N-dealkylation sites (tertiary alicyclic amines) is 2. The molecule has 2 fully saturated rings. The van der Waals surface area contributed by atoms with E-state index in [-0.39, 0.29) is 23.7 Å². The molecule has 1 aromatic carbocycles. The maximum absolute atomic E-state index is 12.8. The highest BCUT2D eigenvalue weighted by atomic mass is 16.2. The van der Waals surface area contributed by atoms with E-state index in [1.165, 1.54) is 5.56 Å². The van der Waals surface area contributed by atoms with E-state index in [1.54, 1.807) is 0 Å². The fraction of sp³-hybridized carbons (Fsp3) is 0.571. The minimum Gasteiger partial charge on any atom is -0.369 e. The Kier molecular flexibility index (Phi) is 5.35. The molecule has 28 heavy (non-hydrogen) atoms. The van der Waals surface area contributed by atoms with Crippen molar-refractivity contribution in [3.05, 3.63) is 29.6 Å². The van der Waals surface area contributed by atoms with Crippen LogP contribution < -0.4 is 5.73 Å². The van der Waals surface area contributed by atoms with Crippen LogP contribution in [0.1, 0.15) is 37.1 Å². The predicted molar refractivity (Wildman–Crippen MR) is 107 cm³/mol. The number of nitrogens with one attached hydrogen (secondary N) is 1. The molecule has 2 aliphatic rings. The van der Waals surface area contributed by atoms with Crippen LogP contribution in [0.4, 0.5) is 0 Å². The monoisotopic (exact) mass is 383 g/mol. The molecule has 0 bridgehead atoms. The van der Waals surface area contributed by atoms with Gasteiger partial charge in [-0.3, -0.25) is 14.5 Å². The van der Waals surface area contributed by atoms with Gasteiger partial charge in [-0.25, -0.2) is 4.98 Å². The topological polar surface area (TPSA) is 95.3 Å². The molecule has 7 heteroatoms. The Morgan fingerprint density at radius 1 is 1.11 bits per heavy atom. The summed E-state index contributed by atoms with van der Waals surface area (Å²) in [7, 11) is 0. The van der Waals surface area contributed by atoms with E-state index in [4.69, 9.17) is 5.73 Å². The molecule has 3 N–H and O–H groups in total. The summed E-state index contributed by atoms with van der Waals surface area (Å²) in [5, 5.41) is 0. The highest BCUT2D eigenvalue weighted by Crippen LogP contribution is 2.24. The largest absolute Gasteiger partial charge is 0.369 e. The number of aromatic nitrogens is 2. The number of nitrogens with two attached hydrogens (primary N) is 1. The first kappa shape index (κ1) is 18.9. The van der Waals surface area contributed by atoms with Gasteiger partial charge in [0, 0.05) is 24.9 Å². The highest BCUT2D eigenvalue weighted by Gasteiger charge is 2.32. The quantitative estimate of drug-likeness (QED) is 0.842. The van der Waals surface area contributed by atoms with Gasteiger partial charge in [0.25, 0.3) is 0 Å². The standard InChI is InChI=1S/C21H29N5O2/c1-14-2-3-17-18(12-14)24-19(23-17)13-25-8-4-16(5-9-25)21(28)26-10-6-15(7-11-26)20(22)27/h2-3,12,15-16H,4-11,13H2,1H3,(H2,22,27)(H,23,24). The average molecular weight is 383 g/mol. The summed E-state index contributed by atoms with van der Waals surface area (Å²) in [6.07, 6.45) is 3.17. The smallest absolute Gasteiger partial charge is 0.225 e. The molecule has 0 radical (unpaired) electrons. The molecule has 0 saturated carbocycles. The molecule has 7 nitrogen and oxygen atoms in total. The van der Waals surface area contributed by atoms with Crippen LogP contribution in [0.3, 0.4) is 0 Å². The number of piperidine rings is 2. The molecule has 2 amide bonds. The van der Waals surface area contributed by atoms with Gasteiger partial charge in [0.2, 0.25) is 11.8 Å². The van der Waals surface area contributed by atoms with Gasteiger partial charge < -0.3 is 15.6 Å². The second kappa shape index (κ2) is 7.91. The summed E-state index contributed by atoms with van der Waals surface area (Å²) < 4.78 is 0. The molecule has 0 aliphatic carbocycles. The third kappa shape index (κ3) is 4.04. The molecule has 2 aromatic rings. The van der Waals surface area contributed by atoms with Crippen LogP contribution in [0.15, 0.2) is 18.2 Å². The van der Waals surface area contributed by atoms with Crippen molar-refractivity contribution < 1.29 is 9.59 Å². The number of aryl methyl sites for hydroxylation is 1. The number of carbonyl (C=O) groups excluding carboxylic acids is 2. The molecular formula is C21H29N5O2. The molecule has 0 atom stereocenters. The van der Waals surface area contributed by atoms with Gasteiger partial charge in [-0.15, -0.1) is 0 Å². The minimum atomic E-state index is -0.235. The van der Waals surface area contributed by atoms with Crippen LogP contribution in [0.2, 0.25) is 0 Å². The van der Waals surface area contributed by atoms with Crippen molar-refractivity contribution >= 4 is 22.8 Å². The summed E-state index contributed by atoms with van der Waals surface area (Å²) in [5.74, 6) is 1.03. The van der Waals surface area contributed by atoms with Crippen LogP contribution in [0.5, 0.6) is 0 Å². The summed E-state index contributed by atoms with van der Waals surface area (Å²) in [6, 6.07) is 6.26. The molecular weight excluding hydrogens is 354 g/mol. The van der Waals surface area contributed by atoms with Crippen LogP contribution in [-0.4, -0.2) is 57.8 Å². The summed E-state index contributed by atoms with van der Waals surface area (Å²) in [5.41, 5.74) is 8.70. The second-order valence-electron chi connectivity index (χ2n) is 8.26. The summed E-state index contributed by atoms with van der Waals surface area (Å²) in [4.78, 5) is 36.5. The molecule has 2 saturated heterocycles. The van der Waals surface area contributed by atoms with Crippen molar-refractivity contribution in [2.45, 2.75) is 39.2 Å². The van der Waals surface area contributed by atoms with E-state index in [9.17, 15) is 9.59 Å². The lowest BCUT2D eigenvalue weighted by Gasteiger charge is -2.36. The van der Waals surface area contributed by atoms with E-state index in [0.717, 1.165) is 49.3 Å². The van der Waals surface area contributed by atoms with Gasteiger partial charge >= 0.3 is 0 Å². The Bertz CT molecular complexity index is 861. The second-order valence-corrected chi connectivity index (χ2v) is 8.26. The van der Waals surface area contributed by atoms with Crippen molar-refractivity contribution in [2.24, 2.45) is 17.6 Å². The first-order valence-electron chi connectivity index (χ1n) is 10.3. The Morgan fingerprint density at radius 3 is 2.46 bits per heavy atom. The number of benzene rings is 1. The van der Waals surface area contributed by atoms with E-state index in [2.05, 4.69) is 40.0 Å². The number of nitrogens with zero attached hydrogens (tertiary/aromatic N) is 3. The Labute approximate surface area is 165 Å². The summed E-state index contributed by atoms with van der Waals surface area (Å²) >= 11 is 0. The number of rotatable bonds is 4. The fourth-order valence-electron chi connectivity index (χ4n) is 4.44. The predicted octanol–water partition coefficient (Wildman–Crippen LogP) is 1.81. The third-order valence-corrected chi connectivity index (χ3v) is 6.21. The van der Waals surface area contributed by atoms with Crippen molar-refractivity contribution in [3.8, 4) is 0 Å². The first-order valence-corrected chi connectivity index (χ1v) is 10.3. The maximum Gasteiger partial charge on any atom is 0.225 e. The zero-order valence-corrected chi connectivity index (χ0v) is 16.5. The van der Waals surface area contributed by atoms with Gasteiger partial charge in [0.15, 0.2) is 0 Å².